The summed E-state index contributed by atoms with van der Waals surface area (Å²) in [6.45, 7) is 4.00. The fourth-order valence-electron chi connectivity index (χ4n) is 3.16. The van der Waals surface area contributed by atoms with Gasteiger partial charge in [-0.25, -0.2) is 4.39 Å². The number of benzene rings is 2. The van der Waals surface area contributed by atoms with E-state index in [1.165, 1.54) is 41.3 Å². The summed E-state index contributed by atoms with van der Waals surface area (Å²) in [5, 5.41) is 22.8. The fourth-order valence-corrected chi connectivity index (χ4v) is 5.60. The van der Waals surface area contributed by atoms with Crippen LogP contribution in [0.3, 0.4) is 0 Å². The Bertz CT molecular complexity index is 1380. The molecule has 0 atom stereocenters. The molecule has 0 radical (unpaired) electrons. The first-order chi connectivity index (χ1) is 17.4. The standard InChI is InChI=1S/C23H22FN7O2S3/c1-3-34-23-30-28-21(36-23)26-19(32)13-35-22-29-27-18(31(22)15-8-6-7-14(2)11-15)12-25-20(33)16-9-4-5-10-17(16)24/h4-11H,3,12-13H2,1-2H3,(H,25,33)(H,26,28,32). The molecular weight excluding hydrogens is 521 g/mol. The van der Waals surface area contributed by atoms with E-state index in [0.29, 0.717) is 16.1 Å². The number of hydrogen-bond acceptors (Lipinski definition) is 9. The van der Waals surface area contributed by atoms with Gasteiger partial charge in [-0.2, -0.15) is 0 Å². The topological polar surface area (TPSA) is 115 Å². The number of rotatable bonds is 10. The molecule has 0 saturated heterocycles. The third-order valence-corrected chi connectivity index (χ3v) is 7.52. The van der Waals surface area contributed by atoms with E-state index in [1.807, 2.05) is 38.1 Å². The van der Waals surface area contributed by atoms with E-state index in [0.717, 1.165) is 21.3 Å². The van der Waals surface area contributed by atoms with Crippen molar-refractivity contribution in [2.24, 2.45) is 0 Å². The van der Waals surface area contributed by atoms with Crippen molar-refractivity contribution in [3.8, 4) is 5.69 Å². The Labute approximate surface area is 219 Å². The number of carbonyl (C=O) groups is 2. The first-order valence-electron chi connectivity index (χ1n) is 10.9. The van der Waals surface area contributed by atoms with E-state index < -0.39 is 11.7 Å². The molecule has 4 aromatic rings. The Morgan fingerprint density at radius 2 is 1.89 bits per heavy atom. The van der Waals surface area contributed by atoms with Crippen LogP contribution in [0.1, 0.15) is 28.7 Å². The zero-order valence-corrected chi connectivity index (χ0v) is 21.8. The number of anilines is 1. The van der Waals surface area contributed by atoms with E-state index in [-0.39, 0.29) is 23.8 Å². The van der Waals surface area contributed by atoms with Gasteiger partial charge in [0, 0.05) is 5.69 Å². The van der Waals surface area contributed by atoms with Crippen LogP contribution in [-0.4, -0.2) is 48.3 Å². The number of carbonyl (C=O) groups excluding carboxylic acids is 2. The van der Waals surface area contributed by atoms with Crippen molar-refractivity contribution in [2.45, 2.75) is 29.9 Å². The lowest BCUT2D eigenvalue weighted by molar-refractivity contribution is -0.113. The number of halogens is 1. The van der Waals surface area contributed by atoms with Crippen LogP contribution in [0, 0.1) is 12.7 Å². The molecule has 9 nitrogen and oxygen atoms in total. The van der Waals surface area contributed by atoms with E-state index >= 15 is 0 Å². The van der Waals surface area contributed by atoms with Crippen molar-refractivity contribution < 1.29 is 14.0 Å². The fraction of sp³-hybridized carbons (Fsp3) is 0.217. The van der Waals surface area contributed by atoms with Crippen LogP contribution in [0.15, 0.2) is 58.0 Å². The first kappa shape index (κ1) is 25.8. The molecule has 0 aliphatic rings. The van der Waals surface area contributed by atoms with Gasteiger partial charge in [0.1, 0.15) is 5.82 Å². The van der Waals surface area contributed by atoms with Crippen LogP contribution in [0.5, 0.6) is 0 Å². The number of aromatic nitrogens is 5. The Balaban J connectivity index is 1.49. The minimum absolute atomic E-state index is 0.0174. The maximum Gasteiger partial charge on any atom is 0.254 e. The number of amides is 2. The summed E-state index contributed by atoms with van der Waals surface area (Å²) in [6.07, 6.45) is 0. The van der Waals surface area contributed by atoms with Crippen molar-refractivity contribution >= 4 is 51.8 Å². The Morgan fingerprint density at radius 1 is 1.06 bits per heavy atom. The smallest absolute Gasteiger partial charge is 0.254 e. The number of nitrogens with zero attached hydrogens (tertiary/aromatic N) is 5. The average molecular weight is 544 g/mol. The highest BCUT2D eigenvalue weighted by atomic mass is 32.2. The molecule has 0 saturated carbocycles. The summed E-state index contributed by atoms with van der Waals surface area (Å²) in [5.41, 5.74) is 1.75. The summed E-state index contributed by atoms with van der Waals surface area (Å²) in [6, 6.07) is 13.5. The van der Waals surface area contributed by atoms with Crippen molar-refractivity contribution in [3.63, 3.8) is 0 Å². The number of hydrogen-bond donors (Lipinski definition) is 2. The van der Waals surface area contributed by atoms with Gasteiger partial charge in [0.25, 0.3) is 5.91 Å². The van der Waals surface area contributed by atoms with Gasteiger partial charge in [0.05, 0.1) is 17.9 Å². The molecule has 0 unspecified atom stereocenters. The Kier molecular flexibility index (Phi) is 8.67. The van der Waals surface area contributed by atoms with Gasteiger partial charge in [-0.05, 0) is 42.5 Å². The minimum atomic E-state index is -0.603. The van der Waals surface area contributed by atoms with E-state index in [9.17, 15) is 14.0 Å². The summed E-state index contributed by atoms with van der Waals surface area (Å²) in [4.78, 5) is 25.0. The molecule has 2 aromatic heterocycles. The Hall–Kier alpha value is -3.29. The van der Waals surface area contributed by atoms with E-state index in [1.54, 1.807) is 22.4 Å². The van der Waals surface area contributed by atoms with Gasteiger partial charge >= 0.3 is 0 Å². The van der Waals surface area contributed by atoms with Gasteiger partial charge in [-0.3, -0.25) is 19.5 Å². The molecule has 0 aliphatic carbocycles. The normalized spacial score (nSPS) is 10.9. The maximum atomic E-state index is 14.0. The maximum absolute atomic E-state index is 14.0. The van der Waals surface area contributed by atoms with Crippen LogP contribution < -0.4 is 10.6 Å². The Morgan fingerprint density at radius 3 is 2.67 bits per heavy atom. The second kappa shape index (κ2) is 12.1. The van der Waals surface area contributed by atoms with Crippen molar-refractivity contribution in [1.29, 1.82) is 0 Å². The minimum Gasteiger partial charge on any atom is -0.345 e. The number of nitrogens with one attached hydrogen (secondary N) is 2. The zero-order chi connectivity index (χ0) is 25.5. The van der Waals surface area contributed by atoms with Gasteiger partial charge in [-0.15, -0.1) is 20.4 Å². The van der Waals surface area contributed by atoms with Gasteiger partial charge in [-0.1, -0.05) is 66.0 Å². The second-order valence-electron chi connectivity index (χ2n) is 7.38. The largest absolute Gasteiger partial charge is 0.345 e. The SMILES string of the molecule is CCSc1nnc(NC(=O)CSc2nnc(CNC(=O)c3ccccc3F)n2-c2cccc(C)c2)s1. The quantitative estimate of drug-likeness (QED) is 0.224. The first-order valence-corrected chi connectivity index (χ1v) is 13.7. The van der Waals surface area contributed by atoms with Gasteiger partial charge in [0.15, 0.2) is 15.3 Å². The predicted molar refractivity (Wildman–Crippen MR) is 139 cm³/mol. The summed E-state index contributed by atoms with van der Waals surface area (Å²) >= 11 is 4.08. The van der Waals surface area contributed by atoms with E-state index in [2.05, 4.69) is 31.0 Å². The lowest BCUT2D eigenvalue weighted by Crippen LogP contribution is -2.25. The lowest BCUT2D eigenvalue weighted by Gasteiger charge is -2.12. The van der Waals surface area contributed by atoms with E-state index in [4.69, 9.17) is 0 Å². The second-order valence-corrected chi connectivity index (χ2v) is 10.8. The average Bonchev–Trinajstić information content (AvgIpc) is 3.48. The van der Waals surface area contributed by atoms with Crippen molar-refractivity contribution in [1.82, 2.24) is 30.3 Å². The molecule has 2 N–H and O–H groups in total. The molecule has 186 valence electrons. The monoisotopic (exact) mass is 543 g/mol. The molecule has 0 aliphatic heterocycles. The molecule has 4 rings (SSSR count). The third kappa shape index (κ3) is 6.47. The highest BCUT2D eigenvalue weighted by Crippen LogP contribution is 2.26. The highest BCUT2D eigenvalue weighted by molar-refractivity contribution is 8.01. The molecule has 2 amide bonds. The summed E-state index contributed by atoms with van der Waals surface area (Å²) < 4.78 is 16.6. The molecular formula is C23H22FN7O2S3. The molecule has 36 heavy (non-hydrogen) atoms. The molecule has 2 heterocycles. The van der Waals surface area contributed by atoms with Crippen LogP contribution >= 0.6 is 34.9 Å². The third-order valence-electron chi connectivity index (χ3n) is 4.74. The number of aryl methyl sites for hydroxylation is 1. The summed E-state index contributed by atoms with van der Waals surface area (Å²) in [7, 11) is 0. The van der Waals surface area contributed by atoms with Crippen LogP contribution in [0.4, 0.5) is 9.52 Å². The van der Waals surface area contributed by atoms with Crippen LogP contribution in [-0.2, 0) is 11.3 Å². The zero-order valence-electron chi connectivity index (χ0n) is 19.4. The van der Waals surface area contributed by atoms with Crippen molar-refractivity contribution in [2.75, 3.05) is 16.8 Å². The van der Waals surface area contributed by atoms with Crippen LogP contribution in [0.25, 0.3) is 5.69 Å². The molecule has 13 heteroatoms. The van der Waals surface area contributed by atoms with Crippen LogP contribution in [0.2, 0.25) is 0 Å². The van der Waals surface area contributed by atoms with Crippen molar-refractivity contribution in [3.05, 3.63) is 71.3 Å². The lowest BCUT2D eigenvalue weighted by atomic mass is 10.2. The molecule has 2 aromatic carbocycles. The molecule has 0 spiro atoms. The van der Waals surface area contributed by atoms with Gasteiger partial charge in [0.2, 0.25) is 11.0 Å². The number of thioether (sulfide) groups is 2. The molecule has 0 bridgehead atoms. The van der Waals surface area contributed by atoms with Gasteiger partial charge < -0.3 is 5.32 Å². The molecule has 0 fully saturated rings. The predicted octanol–water partition coefficient (Wildman–Crippen LogP) is 4.34. The highest BCUT2D eigenvalue weighted by Gasteiger charge is 2.18. The summed E-state index contributed by atoms with van der Waals surface area (Å²) in [5.74, 6) is -0.0281.